The molecule has 1 saturated heterocycles. The van der Waals surface area contributed by atoms with Crippen molar-refractivity contribution < 1.29 is 4.74 Å². The second-order valence-corrected chi connectivity index (χ2v) is 7.75. The molecule has 1 rings (SSSR count). The Bertz CT molecular complexity index is 270. The van der Waals surface area contributed by atoms with E-state index in [0.717, 1.165) is 26.2 Å². The smallest absolute Gasteiger partial charge is 0.0757 e. The highest BCUT2D eigenvalue weighted by molar-refractivity contribution is 4.88. The molecule has 19 heavy (non-hydrogen) atoms. The van der Waals surface area contributed by atoms with Crippen molar-refractivity contribution in [2.45, 2.75) is 72.6 Å². The maximum Gasteiger partial charge on any atom is 0.0757 e. The van der Waals surface area contributed by atoms with Gasteiger partial charge in [-0.3, -0.25) is 4.90 Å². The number of ether oxygens (including phenoxy) is 1. The predicted octanol–water partition coefficient (Wildman–Crippen LogP) is 2.90. The Morgan fingerprint density at radius 3 is 2.47 bits per heavy atom. The summed E-state index contributed by atoms with van der Waals surface area (Å²) < 4.78 is 5.99. The van der Waals surface area contributed by atoms with Crippen LogP contribution in [-0.2, 0) is 4.74 Å². The fourth-order valence-corrected chi connectivity index (χ4v) is 2.95. The van der Waals surface area contributed by atoms with E-state index in [9.17, 15) is 0 Å². The van der Waals surface area contributed by atoms with Crippen LogP contribution < -0.4 is 5.32 Å². The Labute approximate surface area is 120 Å². The summed E-state index contributed by atoms with van der Waals surface area (Å²) in [5.74, 6) is 0. The van der Waals surface area contributed by atoms with Crippen LogP contribution in [-0.4, -0.2) is 48.8 Å². The summed E-state index contributed by atoms with van der Waals surface area (Å²) in [4.78, 5) is 2.56. The maximum atomic E-state index is 5.99. The quantitative estimate of drug-likeness (QED) is 0.831. The van der Waals surface area contributed by atoms with E-state index in [0.29, 0.717) is 17.6 Å². The molecular weight excluding hydrogens is 236 g/mol. The van der Waals surface area contributed by atoms with Crippen LogP contribution in [0.25, 0.3) is 0 Å². The highest BCUT2D eigenvalue weighted by Gasteiger charge is 2.34. The zero-order chi connectivity index (χ0) is 14.7. The molecule has 0 aliphatic carbocycles. The normalized spacial score (nSPS) is 26.4. The van der Waals surface area contributed by atoms with Crippen LogP contribution in [0.2, 0.25) is 0 Å². The molecule has 0 aromatic rings. The second-order valence-electron chi connectivity index (χ2n) is 7.75. The fourth-order valence-electron chi connectivity index (χ4n) is 2.95. The molecule has 0 bridgehead atoms. The molecule has 0 aromatic heterocycles. The van der Waals surface area contributed by atoms with E-state index in [1.165, 1.54) is 6.42 Å². The molecule has 0 radical (unpaired) electrons. The van der Waals surface area contributed by atoms with Crippen LogP contribution in [0.4, 0.5) is 0 Å². The molecule has 1 fully saturated rings. The van der Waals surface area contributed by atoms with E-state index in [4.69, 9.17) is 4.74 Å². The van der Waals surface area contributed by atoms with Crippen LogP contribution in [0.15, 0.2) is 0 Å². The number of hydrogen-bond acceptors (Lipinski definition) is 3. The van der Waals surface area contributed by atoms with E-state index in [2.05, 4.69) is 58.7 Å². The van der Waals surface area contributed by atoms with Gasteiger partial charge in [0.1, 0.15) is 0 Å². The summed E-state index contributed by atoms with van der Waals surface area (Å²) in [6, 6.07) is 0.536. The maximum absolute atomic E-state index is 5.99. The van der Waals surface area contributed by atoms with Gasteiger partial charge >= 0.3 is 0 Å². The van der Waals surface area contributed by atoms with Crippen molar-refractivity contribution in [1.82, 2.24) is 10.2 Å². The van der Waals surface area contributed by atoms with E-state index >= 15 is 0 Å². The molecule has 1 aliphatic rings. The topological polar surface area (TPSA) is 24.5 Å². The number of hydrogen-bond donors (Lipinski definition) is 1. The lowest BCUT2D eigenvalue weighted by Gasteiger charge is -2.44. The van der Waals surface area contributed by atoms with Gasteiger partial charge < -0.3 is 10.1 Å². The zero-order valence-electron chi connectivity index (χ0n) is 14.0. The van der Waals surface area contributed by atoms with Gasteiger partial charge in [0.25, 0.3) is 0 Å². The molecule has 1 aliphatic heterocycles. The van der Waals surface area contributed by atoms with Gasteiger partial charge in [-0.2, -0.15) is 0 Å². The Hall–Kier alpha value is -0.120. The molecule has 2 atom stereocenters. The fraction of sp³-hybridized carbons (Fsp3) is 1.00. The standard InChI is InChI=1S/C16H34N2O/c1-8-9-17-14(15(3,4)5)11-18-10-13(2)19-16(6,7)12-18/h13-14,17H,8-12H2,1-7H3. The summed E-state index contributed by atoms with van der Waals surface area (Å²) in [5.41, 5.74) is 0.270. The van der Waals surface area contributed by atoms with Crippen molar-refractivity contribution in [3.05, 3.63) is 0 Å². The van der Waals surface area contributed by atoms with Crippen LogP contribution >= 0.6 is 0 Å². The van der Waals surface area contributed by atoms with Crippen molar-refractivity contribution in [3.63, 3.8) is 0 Å². The van der Waals surface area contributed by atoms with Gasteiger partial charge in [0.2, 0.25) is 0 Å². The predicted molar refractivity (Wildman–Crippen MR) is 82.6 cm³/mol. The number of rotatable bonds is 5. The van der Waals surface area contributed by atoms with Gasteiger partial charge in [0.15, 0.2) is 0 Å². The lowest BCUT2D eigenvalue weighted by Crippen LogP contribution is -2.57. The van der Waals surface area contributed by atoms with Gasteiger partial charge in [0, 0.05) is 25.7 Å². The van der Waals surface area contributed by atoms with Gasteiger partial charge in [-0.25, -0.2) is 0 Å². The molecule has 3 nitrogen and oxygen atoms in total. The highest BCUT2D eigenvalue weighted by Crippen LogP contribution is 2.25. The lowest BCUT2D eigenvalue weighted by atomic mass is 9.86. The van der Waals surface area contributed by atoms with E-state index in [1.54, 1.807) is 0 Å². The third-order valence-corrected chi connectivity index (χ3v) is 3.77. The van der Waals surface area contributed by atoms with E-state index < -0.39 is 0 Å². The molecule has 0 amide bonds. The Morgan fingerprint density at radius 2 is 2.00 bits per heavy atom. The summed E-state index contributed by atoms with van der Waals surface area (Å²) in [6.45, 7) is 20.1. The first kappa shape index (κ1) is 16.9. The van der Waals surface area contributed by atoms with Crippen LogP contribution in [0.5, 0.6) is 0 Å². The van der Waals surface area contributed by atoms with Crippen molar-refractivity contribution in [1.29, 1.82) is 0 Å². The molecule has 0 spiro atoms. The highest BCUT2D eigenvalue weighted by atomic mass is 16.5. The first-order valence-electron chi connectivity index (χ1n) is 7.77. The lowest BCUT2D eigenvalue weighted by molar-refractivity contribution is -0.131. The monoisotopic (exact) mass is 270 g/mol. The number of nitrogens with one attached hydrogen (secondary N) is 1. The minimum atomic E-state index is -0.0230. The molecular formula is C16H34N2O. The SMILES string of the molecule is CCCNC(CN1CC(C)OC(C)(C)C1)C(C)(C)C. The second kappa shape index (κ2) is 6.55. The van der Waals surface area contributed by atoms with Crippen molar-refractivity contribution in [3.8, 4) is 0 Å². The zero-order valence-corrected chi connectivity index (χ0v) is 14.0. The first-order valence-corrected chi connectivity index (χ1v) is 7.77. The molecule has 0 aromatic carbocycles. The van der Waals surface area contributed by atoms with Crippen LogP contribution in [0.3, 0.4) is 0 Å². The van der Waals surface area contributed by atoms with E-state index in [-0.39, 0.29) is 5.60 Å². The van der Waals surface area contributed by atoms with Gasteiger partial charge in [-0.05, 0) is 39.2 Å². The number of morpholine rings is 1. The van der Waals surface area contributed by atoms with Crippen LogP contribution in [0.1, 0.15) is 54.9 Å². The Kier molecular flexibility index (Phi) is 5.84. The first-order chi connectivity index (χ1) is 8.64. The minimum Gasteiger partial charge on any atom is -0.370 e. The minimum absolute atomic E-state index is 0.0230. The summed E-state index contributed by atoms with van der Waals surface area (Å²) in [5, 5.41) is 3.72. The molecule has 2 unspecified atom stereocenters. The third-order valence-electron chi connectivity index (χ3n) is 3.77. The Morgan fingerprint density at radius 1 is 1.37 bits per heavy atom. The van der Waals surface area contributed by atoms with Crippen LogP contribution in [0, 0.1) is 5.41 Å². The van der Waals surface area contributed by atoms with Crippen molar-refractivity contribution in [2.24, 2.45) is 5.41 Å². The summed E-state index contributed by atoms with van der Waals surface area (Å²) in [7, 11) is 0. The average molecular weight is 270 g/mol. The molecule has 0 saturated carbocycles. The van der Waals surface area contributed by atoms with Crippen molar-refractivity contribution >= 4 is 0 Å². The van der Waals surface area contributed by atoms with Gasteiger partial charge in [-0.15, -0.1) is 0 Å². The third kappa shape index (κ3) is 5.80. The van der Waals surface area contributed by atoms with Gasteiger partial charge in [-0.1, -0.05) is 27.7 Å². The Balaban J connectivity index is 2.62. The van der Waals surface area contributed by atoms with Gasteiger partial charge in [0.05, 0.1) is 11.7 Å². The molecule has 1 heterocycles. The van der Waals surface area contributed by atoms with E-state index in [1.807, 2.05) is 0 Å². The number of nitrogens with zero attached hydrogens (tertiary/aromatic N) is 1. The largest absolute Gasteiger partial charge is 0.370 e. The molecule has 114 valence electrons. The summed E-state index contributed by atoms with van der Waals surface area (Å²) in [6.07, 6.45) is 1.52. The molecule has 3 heteroatoms. The van der Waals surface area contributed by atoms with Crippen molar-refractivity contribution in [2.75, 3.05) is 26.2 Å². The summed E-state index contributed by atoms with van der Waals surface area (Å²) >= 11 is 0. The average Bonchev–Trinajstić information content (AvgIpc) is 2.19. The molecule has 1 N–H and O–H groups in total.